The normalized spacial score (nSPS) is 11.2. The highest BCUT2D eigenvalue weighted by atomic mass is 32.1. The fraction of sp³-hybridized carbons (Fsp3) is 0.208. The summed E-state index contributed by atoms with van der Waals surface area (Å²) in [5, 5.41) is 0.713. The van der Waals surface area contributed by atoms with Crippen LogP contribution in [0.4, 0.5) is 5.13 Å². The number of thiazole rings is 1. The standard InChI is InChI=1S/C24H23N3OS/c1-16(2)19-11-6-12-21-22(19)26-24(29-21)27(15-18-9-7-13-25-14-18)23(28)20-10-5-4-8-17(20)3/h4-14,16H,15H2,1-3H3. The first-order valence-electron chi connectivity index (χ1n) is 9.70. The largest absolute Gasteiger partial charge is 0.279 e. The molecule has 0 unspecified atom stereocenters. The van der Waals surface area contributed by atoms with Crippen LogP contribution >= 0.6 is 11.3 Å². The first kappa shape index (κ1) is 19.3. The van der Waals surface area contributed by atoms with Crippen LogP contribution in [0.1, 0.15) is 46.8 Å². The number of amides is 1. The monoisotopic (exact) mass is 401 g/mol. The van der Waals surface area contributed by atoms with E-state index in [1.807, 2.05) is 43.3 Å². The fourth-order valence-electron chi connectivity index (χ4n) is 3.40. The minimum Gasteiger partial charge on any atom is -0.279 e. The Morgan fingerprint density at radius 1 is 1.07 bits per heavy atom. The third-order valence-electron chi connectivity index (χ3n) is 4.98. The summed E-state index contributed by atoms with van der Waals surface area (Å²) in [7, 11) is 0. The van der Waals surface area contributed by atoms with Crippen LogP contribution in [0.2, 0.25) is 0 Å². The minimum atomic E-state index is -0.0443. The molecular weight excluding hydrogens is 378 g/mol. The lowest BCUT2D eigenvalue weighted by Crippen LogP contribution is -2.31. The second-order valence-electron chi connectivity index (χ2n) is 7.41. The van der Waals surface area contributed by atoms with Crippen molar-refractivity contribution < 1.29 is 4.79 Å². The van der Waals surface area contributed by atoms with E-state index in [1.165, 1.54) is 5.56 Å². The maximum absolute atomic E-state index is 13.5. The molecule has 5 heteroatoms. The van der Waals surface area contributed by atoms with E-state index in [0.29, 0.717) is 23.2 Å². The number of benzene rings is 2. The highest BCUT2D eigenvalue weighted by Crippen LogP contribution is 2.34. The Labute approximate surface area is 174 Å². The third-order valence-corrected chi connectivity index (χ3v) is 6.02. The van der Waals surface area contributed by atoms with Gasteiger partial charge in [0.05, 0.1) is 16.8 Å². The highest BCUT2D eigenvalue weighted by molar-refractivity contribution is 7.22. The molecule has 0 bridgehead atoms. The number of nitrogens with zero attached hydrogens (tertiary/aromatic N) is 3. The summed E-state index contributed by atoms with van der Waals surface area (Å²) in [5.41, 5.74) is 4.81. The van der Waals surface area contributed by atoms with Crippen molar-refractivity contribution in [3.63, 3.8) is 0 Å². The molecule has 4 nitrogen and oxygen atoms in total. The van der Waals surface area contributed by atoms with Gasteiger partial charge in [-0.15, -0.1) is 0 Å². The van der Waals surface area contributed by atoms with E-state index in [1.54, 1.807) is 28.6 Å². The molecule has 2 aromatic heterocycles. The van der Waals surface area contributed by atoms with Gasteiger partial charge in [-0.1, -0.05) is 61.6 Å². The zero-order chi connectivity index (χ0) is 20.4. The molecule has 0 saturated carbocycles. The van der Waals surface area contributed by atoms with Crippen molar-refractivity contribution in [3.05, 3.63) is 89.2 Å². The molecule has 1 amide bonds. The summed E-state index contributed by atoms with van der Waals surface area (Å²) in [6.45, 7) is 6.72. The number of hydrogen-bond acceptors (Lipinski definition) is 4. The first-order chi connectivity index (χ1) is 14.0. The lowest BCUT2D eigenvalue weighted by molar-refractivity contribution is 0.0984. The number of rotatable bonds is 5. The average molecular weight is 402 g/mol. The molecule has 0 aliphatic carbocycles. The van der Waals surface area contributed by atoms with Crippen LogP contribution in [0.15, 0.2) is 67.0 Å². The molecule has 0 atom stereocenters. The quantitative estimate of drug-likeness (QED) is 0.414. The van der Waals surface area contributed by atoms with Crippen LogP contribution in [-0.2, 0) is 6.54 Å². The molecule has 0 spiro atoms. The van der Waals surface area contributed by atoms with Gasteiger partial charge in [-0.05, 0) is 47.7 Å². The summed E-state index contributed by atoms with van der Waals surface area (Å²) in [5.74, 6) is 0.324. The van der Waals surface area contributed by atoms with E-state index in [2.05, 4.69) is 37.0 Å². The predicted molar refractivity (Wildman–Crippen MR) is 120 cm³/mol. The number of carbonyl (C=O) groups excluding carboxylic acids is 1. The summed E-state index contributed by atoms with van der Waals surface area (Å²) in [6, 6.07) is 17.8. The van der Waals surface area contributed by atoms with Crippen LogP contribution in [0, 0.1) is 6.92 Å². The van der Waals surface area contributed by atoms with Gasteiger partial charge >= 0.3 is 0 Å². The van der Waals surface area contributed by atoms with Gasteiger partial charge in [0.2, 0.25) is 0 Å². The number of carbonyl (C=O) groups is 1. The maximum atomic E-state index is 13.5. The zero-order valence-corrected chi connectivity index (χ0v) is 17.6. The molecule has 4 aromatic rings. The van der Waals surface area contributed by atoms with Crippen molar-refractivity contribution in [1.82, 2.24) is 9.97 Å². The molecule has 0 N–H and O–H groups in total. The molecule has 146 valence electrons. The topological polar surface area (TPSA) is 46.1 Å². The second-order valence-corrected chi connectivity index (χ2v) is 8.42. The van der Waals surface area contributed by atoms with Gasteiger partial charge in [-0.2, -0.15) is 0 Å². The van der Waals surface area contributed by atoms with E-state index >= 15 is 0 Å². The maximum Gasteiger partial charge on any atom is 0.260 e. The molecule has 0 aliphatic rings. The third kappa shape index (κ3) is 3.91. The fourth-order valence-corrected chi connectivity index (χ4v) is 4.40. The van der Waals surface area contributed by atoms with Crippen molar-refractivity contribution in [2.24, 2.45) is 0 Å². The number of para-hydroxylation sites is 1. The van der Waals surface area contributed by atoms with Crippen LogP contribution in [0.25, 0.3) is 10.2 Å². The number of aromatic nitrogens is 2. The summed E-state index contributed by atoms with van der Waals surface area (Å²) in [4.78, 5) is 24.4. The van der Waals surface area contributed by atoms with Crippen LogP contribution < -0.4 is 4.90 Å². The van der Waals surface area contributed by atoms with E-state index in [4.69, 9.17) is 4.98 Å². The lowest BCUT2D eigenvalue weighted by Gasteiger charge is -2.21. The Balaban J connectivity index is 1.82. The van der Waals surface area contributed by atoms with Crippen molar-refractivity contribution in [2.45, 2.75) is 33.2 Å². The van der Waals surface area contributed by atoms with Crippen molar-refractivity contribution in [2.75, 3.05) is 4.90 Å². The van der Waals surface area contributed by atoms with E-state index in [-0.39, 0.29) is 5.91 Å². The molecule has 29 heavy (non-hydrogen) atoms. The van der Waals surface area contributed by atoms with E-state index < -0.39 is 0 Å². The molecule has 2 aromatic carbocycles. The van der Waals surface area contributed by atoms with Crippen LogP contribution in [-0.4, -0.2) is 15.9 Å². The SMILES string of the molecule is Cc1ccccc1C(=O)N(Cc1cccnc1)c1nc2c(C(C)C)cccc2s1. The molecular formula is C24H23N3OS. The van der Waals surface area contributed by atoms with Crippen molar-refractivity contribution >= 4 is 32.6 Å². The summed E-state index contributed by atoms with van der Waals surface area (Å²) >= 11 is 1.56. The van der Waals surface area contributed by atoms with Gasteiger partial charge in [0.15, 0.2) is 5.13 Å². The Bertz CT molecular complexity index is 1150. The van der Waals surface area contributed by atoms with Crippen molar-refractivity contribution in [3.8, 4) is 0 Å². The highest BCUT2D eigenvalue weighted by Gasteiger charge is 2.23. The van der Waals surface area contributed by atoms with Crippen LogP contribution in [0.3, 0.4) is 0 Å². The molecule has 0 aliphatic heterocycles. The smallest absolute Gasteiger partial charge is 0.260 e. The lowest BCUT2D eigenvalue weighted by atomic mass is 10.0. The van der Waals surface area contributed by atoms with Gasteiger partial charge in [0, 0.05) is 18.0 Å². The Morgan fingerprint density at radius 2 is 1.90 bits per heavy atom. The number of hydrogen-bond donors (Lipinski definition) is 0. The molecule has 0 radical (unpaired) electrons. The Kier molecular flexibility index (Phi) is 5.41. The van der Waals surface area contributed by atoms with E-state index in [0.717, 1.165) is 21.3 Å². The van der Waals surface area contributed by atoms with Gasteiger partial charge < -0.3 is 0 Å². The molecule has 0 saturated heterocycles. The Morgan fingerprint density at radius 3 is 2.62 bits per heavy atom. The first-order valence-corrected chi connectivity index (χ1v) is 10.5. The Hall–Kier alpha value is -3.05. The summed E-state index contributed by atoms with van der Waals surface area (Å²) < 4.78 is 1.10. The zero-order valence-electron chi connectivity index (χ0n) is 16.8. The average Bonchev–Trinajstić information content (AvgIpc) is 3.16. The minimum absolute atomic E-state index is 0.0443. The van der Waals surface area contributed by atoms with Gasteiger partial charge in [-0.3, -0.25) is 14.7 Å². The van der Waals surface area contributed by atoms with Gasteiger partial charge in [0.25, 0.3) is 5.91 Å². The molecule has 2 heterocycles. The molecule has 4 rings (SSSR count). The number of pyridine rings is 1. The number of anilines is 1. The van der Waals surface area contributed by atoms with Crippen LogP contribution in [0.5, 0.6) is 0 Å². The molecule has 0 fully saturated rings. The van der Waals surface area contributed by atoms with Crippen molar-refractivity contribution in [1.29, 1.82) is 0 Å². The number of fused-ring (bicyclic) bond motifs is 1. The predicted octanol–water partition coefficient (Wildman–Crippen LogP) is 5.97. The van der Waals surface area contributed by atoms with Gasteiger partial charge in [0.1, 0.15) is 0 Å². The van der Waals surface area contributed by atoms with Gasteiger partial charge in [-0.25, -0.2) is 4.98 Å². The number of aryl methyl sites for hydroxylation is 1. The summed E-state index contributed by atoms with van der Waals surface area (Å²) in [6.07, 6.45) is 3.54. The second kappa shape index (κ2) is 8.13. The van der Waals surface area contributed by atoms with E-state index in [9.17, 15) is 4.79 Å².